The Labute approximate surface area is 174 Å². The van der Waals surface area contributed by atoms with Crippen LogP contribution in [0.1, 0.15) is 31.4 Å². The van der Waals surface area contributed by atoms with Crippen molar-refractivity contribution in [1.29, 1.82) is 0 Å². The molecule has 0 fully saturated rings. The van der Waals surface area contributed by atoms with Gasteiger partial charge in [-0.05, 0) is 48.7 Å². The molecular formula is C21H23Cl2FN2O2. The fourth-order valence-corrected chi connectivity index (χ4v) is 3.24. The number of rotatable bonds is 8. The Kier molecular flexibility index (Phi) is 8.27. The monoisotopic (exact) mass is 424 g/mol. The molecule has 2 rings (SSSR count). The number of likely N-dealkylation sites (N-methyl/N-ethyl adjacent to an activating group) is 1. The summed E-state index contributed by atoms with van der Waals surface area (Å²) in [5.74, 6) is -0.788. The maximum absolute atomic E-state index is 13.2. The van der Waals surface area contributed by atoms with Gasteiger partial charge >= 0.3 is 0 Å². The van der Waals surface area contributed by atoms with Gasteiger partial charge in [0, 0.05) is 13.1 Å². The molecule has 0 bridgehead atoms. The van der Waals surface area contributed by atoms with Gasteiger partial charge in [-0.1, -0.05) is 48.3 Å². The second kappa shape index (κ2) is 10.4. The highest BCUT2D eigenvalue weighted by Gasteiger charge is 2.28. The van der Waals surface area contributed by atoms with Crippen molar-refractivity contribution in [2.24, 2.45) is 0 Å². The summed E-state index contributed by atoms with van der Waals surface area (Å²) in [6.07, 6.45) is 0.536. The van der Waals surface area contributed by atoms with Gasteiger partial charge in [-0.15, -0.1) is 0 Å². The van der Waals surface area contributed by atoms with Crippen molar-refractivity contribution in [2.45, 2.75) is 39.3 Å². The average Bonchev–Trinajstić information content (AvgIpc) is 2.66. The van der Waals surface area contributed by atoms with E-state index in [0.29, 0.717) is 28.6 Å². The molecule has 0 aliphatic carbocycles. The van der Waals surface area contributed by atoms with Crippen molar-refractivity contribution in [3.63, 3.8) is 0 Å². The van der Waals surface area contributed by atoms with Crippen molar-refractivity contribution >= 4 is 35.0 Å². The summed E-state index contributed by atoms with van der Waals surface area (Å²) >= 11 is 12.0. The normalized spacial score (nSPS) is 11.8. The van der Waals surface area contributed by atoms with Gasteiger partial charge in [0.1, 0.15) is 11.9 Å². The SMILES string of the molecule is CCNC(=O)C(CC)N(Cc1ccc(F)cc1)C(=O)Cc1ccc(Cl)c(Cl)c1. The van der Waals surface area contributed by atoms with Crippen molar-refractivity contribution in [1.82, 2.24) is 10.2 Å². The molecule has 0 aliphatic rings. The van der Waals surface area contributed by atoms with Crippen LogP contribution in [0.3, 0.4) is 0 Å². The van der Waals surface area contributed by atoms with Crippen LogP contribution in [0, 0.1) is 5.82 Å². The van der Waals surface area contributed by atoms with E-state index in [1.54, 1.807) is 30.3 Å². The minimum atomic E-state index is -0.625. The third kappa shape index (κ3) is 5.94. The van der Waals surface area contributed by atoms with Crippen molar-refractivity contribution in [3.8, 4) is 0 Å². The summed E-state index contributed by atoms with van der Waals surface area (Å²) in [6, 6.07) is 10.3. The molecule has 2 aromatic rings. The van der Waals surface area contributed by atoms with E-state index >= 15 is 0 Å². The molecule has 1 unspecified atom stereocenters. The van der Waals surface area contributed by atoms with Crippen LogP contribution in [-0.2, 0) is 22.6 Å². The van der Waals surface area contributed by atoms with E-state index in [-0.39, 0.29) is 30.6 Å². The predicted molar refractivity (Wildman–Crippen MR) is 110 cm³/mol. The largest absolute Gasteiger partial charge is 0.355 e. The minimum absolute atomic E-state index is 0.0774. The summed E-state index contributed by atoms with van der Waals surface area (Å²) < 4.78 is 13.2. The van der Waals surface area contributed by atoms with Gasteiger partial charge in [-0.2, -0.15) is 0 Å². The zero-order chi connectivity index (χ0) is 20.7. The lowest BCUT2D eigenvalue weighted by atomic mass is 10.1. The average molecular weight is 425 g/mol. The quantitative estimate of drug-likeness (QED) is 0.671. The zero-order valence-electron chi connectivity index (χ0n) is 15.8. The van der Waals surface area contributed by atoms with E-state index in [9.17, 15) is 14.0 Å². The van der Waals surface area contributed by atoms with Crippen LogP contribution in [0.2, 0.25) is 10.0 Å². The van der Waals surface area contributed by atoms with E-state index in [1.807, 2.05) is 13.8 Å². The van der Waals surface area contributed by atoms with Gasteiger partial charge in [-0.3, -0.25) is 9.59 Å². The summed E-state index contributed by atoms with van der Waals surface area (Å²) in [6.45, 7) is 4.35. The number of nitrogens with one attached hydrogen (secondary N) is 1. The molecule has 1 atom stereocenters. The van der Waals surface area contributed by atoms with Crippen LogP contribution in [-0.4, -0.2) is 29.3 Å². The van der Waals surface area contributed by atoms with Gasteiger partial charge < -0.3 is 10.2 Å². The second-order valence-corrected chi connectivity index (χ2v) is 7.21. The van der Waals surface area contributed by atoms with Crippen LogP contribution in [0.15, 0.2) is 42.5 Å². The van der Waals surface area contributed by atoms with Gasteiger partial charge in [0.15, 0.2) is 0 Å². The molecule has 2 amide bonds. The first-order valence-electron chi connectivity index (χ1n) is 9.11. The molecule has 0 aromatic heterocycles. The summed E-state index contributed by atoms with van der Waals surface area (Å²) in [5, 5.41) is 3.56. The summed E-state index contributed by atoms with van der Waals surface area (Å²) in [7, 11) is 0. The van der Waals surface area contributed by atoms with E-state index in [4.69, 9.17) is 23.2 Å². The van der Waals surface area contributed by atoms with Gasteiger partial charge in [0.2, 0.25) is 11.8 Å². The molecule has 0 spiro atoms. The lowest BCUT2D eigenvalue weighted by Gasteiger charge is -2.30. The van der Waals surface area contributed by atoms with Crippen LogP contribution in [0.5, 0.6) is 0 Å². The first-order chi connectivity index (χ1) is 13.3. The highest BCUT2D eigenvalue weighted by Crippen LogP contribution is 2.23. The Balaban J connectivity index is 2.28. The Hall–Kier alpha value is -2.11. The molecular weight excluding hydrogens is 402 g/mol. The minimum Gasteiger partial charge on any atom is -0.355 e. The van der Waals surface area contributed by atoms with Gasteiger partial charge in [-0.25, -0.2) is 4.39 Å². The molecule has 2 aromatic carbocycles. The van der Waals surface area contributed by atoms with Crippen LogP contribution in [0.4, 0.5) is 4.39 Å². The molecule has 0 aliphatic heterocycles. The third-order valence-electron chi connectivity index (χ3n) is 4.34. The second-order valence-electron chi connectivity index (χ2n) is 6.39. The van der Waals surface area contributed by atoms with Crippen LogP contribution < -0.4 is 5.32 Å². The molecule has 0 heterocycles. The lowest BCUT2D eigenvalue weighted by Crippen LogP contribution is -2.49. The molecule has 28 heavy (non-hydrogen) atoms. The number of hydrogen-bond donors (Lipinski definition) is 1. The fraction of sp³-hybridized carbons (Fsp3) is 0.333. The van der Waals surface area contributed by atoms with Crippen molar-refractivity contribution in [3.05, 3.63) is 69.5 Å². The number of carbonyl (C=O) groups excluding carboxylic acids is 2. The Bertz CT molecular complexity index is 828. The smallest absolute Gasteiger partial charge is 0.242 e. The van der Waals surface area contributed by atoms with Gasteiger partial charge in [0.05, 0.1) is 16.5 Å². The predicted octanol–water partition coefficient (Wildman–Crippen LogP) is 4.62. The molecule has 0 saturated heterocycles. The highest BCUT2D eigenvalue weighted by atomic mass is 35.5. The Morgan fingerprint density at radius 3 is 2.25 bits per heavy atom. The van der Waals surface area contributed by atoms with E-state index in [1.165, 1.54) is 17.0 Å². The number of nitrogens with zero attached hydrogens (tertiary/aromatic N) is 1. The molecule has 1 N–H and O–H groups in total. The number of carbonyl (C=O) groups is 2. The molecule has 0 saturated carbocycles. The molecule has 150 valence electrons. The standard InChI is InChI=1S/C21H23Cl2FN2O2/c1-3-19(21(28)25-4-2)26(13-14-5-8-16(24)9-6-14)20(27)12-15-7-10-17(22)18(23)11-15/h5-11,19H,3-4,12-13H2,1-2H3,(H,25,28). The lowest BCUT2D eigenvalue weighted by molar-refractivity contribution is -0.140. The number of halogens is 3. The third-order valence-corrected chi connectivity index (χ3v) is 5.08. The van der Waals surface area contributed by atoms with Crippen LogP contribution >= 0.6 is 23.2 Å². The Morgan fingerprint density at radius 2 is 1.68 bits per heavy atom. The van der Waals surface area contributed by atoms with Crippen molar-refractivity contribution < 1.29 is 14.0 Å². The zero-order valence-corrected chi connectivity index (χ0v) is 17.4. The highest BCUT2D eigenvalue weighted by molar-refractivity contribution is 6.42. The van der Waals surface area contributed by atoms with E-state index in [2.05, 4.69) is 5.32 Å². The number of amides is 2. The summed E-state index contributed by atoms with van der Waals surface area (Å²) in [5.41, 5.74) is 1.45. The number of benzene rings is 2. The van der Waals surface area contributed by atoms with Crippen LogP contribution in [0.25, 0.3) is 0 Å². The number of hydrogen-bond acceptors (Lipinski definition) is 2. The van der Waals surface area contributed by atoms with Crippen molar-refractivity contribution in [2.75, 3.05) is 6.54 Å². The molecule has 4 nitrogen and oxygen atoms in total. The molecule has 7 heteroatoms. The molecule has 0 radical (unpaired) electrons. The summed E-state index contributed by atoms with van der Waals surface area (Å²) in [4.78, 5) is 27.1. The van der Waals surface area contributed by atoms with E-state index in [0.717, 1.165) is 5.56 Å². The Morgan fingerprint density at radius 1 is 1.04 bits per heavy atom. The van der Waals surface area contributed by atoms with E-state index < -0.39 is 6.04 Å². The fourth-order valence-electron chi connectivity index (χ4n) is 2.92. The maximum Gasteiger partial charge on any atom is 0.242 e. The first kappa shape index (κ1) is 22.2. The first-order valence-corrected chi connectivity index (χ1v) is 9.86. The van der Waals surface area contributed by atoms with Gasteiger partial charge in [0.25, 0.3) is 0 Å². The maximum atomic E-state index is 13.2. The topological polar surface area (TPSA) is 49.4 Å².